The van der Waals surface area contributed by atoms with Gasteiger partial charge in [-0.1, -0.05) is 98.1 Å². The van der Waals surface area contributed by atoms with Crippen molar-refractivity contribution in [3.8, 4) is 34.5 Å². The number of thiophene rings is 2. The number of sulfonamides is 2. The Labute approximate surface area is 811 Å². The maximum absolute atomic E-state index is 14.4. The number of imide groups is 3. The molecule has 4 saturated heterocycles. The van der Waals surface area contributed by atoms with Crippen LogP contribution in [0.15, 0.2) is 183 Å². The Bertz CT molecular complexity index is 6020. The molecule has 5 atom stereocenters. The number of carbonyl (C=O) groups is 7. The Morgan fingerprint density at radius 3 is 1.08 bits per heavy atom. The minimum absolute atomic E-state index is 0.0290. The number of hydrogen-bond donors (Lipinski definition) is 3. The molecule has 34 heteroatoms. The second-order valence-corrected chi connectivity index (χ2v) is 42.0. The lowest BCUT2D eigenvalue weighted by Gasteiger charge is -2.43. The first-order chi connectivity index (χ1) is 66.5. The Morgan fingerprint density at radius 2 is 0.745 bits per heavy atom. The second-order valence-electron chi connectivity index (χ2n) is 36.1. The van der Waals surface area contributed by atoms with Crippen LogP contribution in [0.4, 0.5) is 17.1 Å². The summed E-state index contributed by atoms with van der Waals surface area (Å²) in [5.74, 6) is 1.20. The van der Waals surface area contributed by atoms with E-state index in [9.17, 15) is 50.4 Å². The Kier molecular flexibility index (Phi) is 32.2. The first kappa shape index (κ1) is 98.7. The molecular weight excluding hydrogens is 1820 g/mol. The van der Waals surface area contributed by atoms with Gasteiger partial charge in [-0.05, 0) is 216 Å². The van der Waals surface area contributed by atoms with E-state index in [0.29, 0.717) is 142 Å². The molecule has 9 aromatic rings. The average Bonchev–Trinajstić information content (AvgIpc) is 1.60. The summed E-state index contributed by atoms with van der Waals surface area (Å²) in [6, 6.07) is 49.6. The molecule has 0 unspecified atom stereocenters. The van der Waals surface area contributed by atoms with Gasteiger partial charge in [-0.2, -0.15) is 0 Å². The summed E-state index contributed by atoms with van der Waals surface area (Å²) in [5.41, 5.74) is 8.46. The number of nitrogens with zero attached hydrogens (tertiary/aromatic N) is 10. The van der Waals surface area contributed by atoms with Gasteiger partial charge in [-0.3, -0.25) is 67.9 Å². The Morgan fingerprint density at radius 1 is 0.380 bits per heavy atom. The number of anilines is 3. The molecule has 7 amide bonds. The van der Waals surface area contributed by atoms with Crippen LogP contribution < -0.4 is 57.9 Å². The zero-order chi connectivity index (χ0) is 96.2. The third-order valence-corrected chi connectivity index (χ3v) is 34.2. The standard InChI is InChI=1S/C38H47N5O5.C33H40N4O6S2.C32H38N4O6S2/c1-26(27-11-6-5-7-12-27)41-21-23-42(24-22-41)31-14-8-13-29-35(31)38(46)43(37(29)45)30(28-17-18-33(47-3)34(25-28)48-4)15-9-19-39-36(44)32-16-10-20-40(32)2;1-42-28-15-14-23(22-29(28)43-2)26(12-6-16-34-45(40,41)30-13-7-21-44-30)37-32(38)25-10-5-11-27(31(25)33(37)39)36-19-17-35(18-20-36)24-8-3-4-9-24;1-41-27-14-13-22(21-28(27)42-2)25(11-5-15-33-44(39,40)29-12-6-20-43-29)36-31(37)24-9-4-10-26(30(24)32(36)38)35-18-16-34(17-19-35)23-7-3-8-23/h5-8,11-14,17-18,25-26,30,32H,9-10,15-16,19-24H2,1-4H3,(H,39,44);5,7,10-11,13-15,21-22,24,26,34H,3-4,6,8-9,12,16-20H2,1-2H3;4,6,9-10,12-14,20-21,23,25,33H,3,5,7-8,11,15-19H2,1-2H3/t26-,30-,32+;26-;25-/m111/s1. The maximum Gasteiger partial charge on any atom is 0.264 e. The van der Waals surface area contributed by atoms with Gasteiger partial charge in [0.05, 0.1) is 117 Å². The summed E-state index contributed by atoms with van der Waals surface area (Å²) in [6.07, 6.45) is 13.4. The average molecular weight is 1950 g/mol. The molecule has 2 aliphatic carbocycles. The lowest BCUT2D eigenvalue weighted by atomic mass is 9.91. The predicted octanol–water partition coefficient (Wildman–Crippen LogP) is 14.4. The van der Waals surface area contributed by atoms with Crippen LogP contribution >= 0.6 is 22.7 Å². The fourth-order valence-electron chi connectivity index (χ4n) is 20.8. The highest BCUT2D eigenvalue weighted by atomic mass is 32.3. The van der Waals surface area contributed by atoms with Crippen molar-refractivity contribution in [3.63, 3.8) is 0 Å². The van der Waals surface area contributed by atoms with Crippen molar-refractivity contribution in [2.24, 2.45) is 0 Å². The van der Waals surface area contributed by atoms with Gasteiger partial charge in [0, 0.05) is 116 Å². The maximum atomic E-state index is 14.4. The first-order valence-corrected chi connectivity index (χ1v) is 52.4. The van der Waals surface area contributed by atoms with Gasteiger partial charge in [0.2, 0.25) is 26.0 Å². The lowest BCUT2D eigenvalue weighted by molar-refractivity contribution is -0.125. The van der Waals surface area contributed by atoms with E-state index in [0.717, 1.165) is 143 Å². The molecule has 9 aliphatic rings. The van der Waals surface area contributed by atoms with Crippen molar-refractivity contribution in [1.82, 2.24) is 49.1 Å². The van der Waals surface area contributed by atoms with Crippen LogP contribution in [0.25, 0.3) is 0 Å². The molecule has 2 aromatic heterocycles. The molecule has 18 rings (SSSR count). The van der Waals surface area contributed by atoms with Crippen molar-refractivity contribution >= 4 is 101 Å². The number of benzene rings is 7. The molecule has 0 spiro atoms. The highest BCUT2D eigenvalue weighted by Crippen LogP contribution is 2.47. The number of rotatable bonds is 36. The normalized spacial score (nSPS) is 18.8. The second kappa shape index (κ2) is 44.7. The first-order valence-electron chi connectivity index (χ1n) is 47.7. The van der Waals surface area contributed by atoms with E-state index in [-0.39, 0.29) is 68.9 Å². The summed E-state index contributed by atoms with van der Waals surface area (Å²) in [5, 5.41) is 6.51. The molecule has 30 nitrogen and oxygen atoms in total. The van der Waals surface area contributed by atoms with Crippen molar-refractivity contribution in [2.45, 2.75) is 154 Å². The highest BCUT2D eigenvalue weighted by molar-refractivity contribution is 7.91. The summed E-state index contributed by atoms with van der Waals surface area (Å²) in [4.78, 5) is 118. The third-order valence-electron chi connectivity index (χ3n) is 28.5. The van der Waals surface area contributed by atoms with E-state index < -0.39 is 38.2 Å². The molecule has 2 saturated carbocycles. The lowest BCUT2D eigenvalue weighted by Crippen LogP contribution is -2.52. The number of methoxy groups -OCH3 is 6. The molecule has 7 aliphatic heterocycles. The smallest absolute Gasteiger partial charge is 0.264 e. The quantitative estimate of drug-likeness (QED) is 0.0243. The van der Waals surface area contributed by atoms with Crippen LogP contribution in [0.1, 0.15) is 212 Å². The fourth-order valence-corrected chi connectivity index (χ4v) is 25.0. The van der Waals surface area contributed by atoms with Gasteiger partial charge in [-0.15, -0.1) is 22.7 Å². The number of likely N-dealkylation sites (N-methyl/N-ethyl adjacent to an activating group) is 1. The van der Waals surface area contributed by atoms with E-state index in [2.05, 4.69) is 80.2 Å². The van der Waals surface area contributed by atoms with Gasteiger partial charge < -0.3 is 48.4 Å². The Balaban J connectivity index is 0.000000149. The Hall–Kier alpha value is -11.3. The minimum Gasteiger partial charge on any atom is -0.493 e. The predicted molar refractivity (Wildman–Crippen MR) is 529 cm³/mol. The number of carbonyl (C=O) groups excluding carboxylic acids is 7. The monoisotopic (exact) mass is 1940 g/mol. The molecule has 0 bridgehead atoms. The van der Waals surface area contributed by atoms with Crippen molar-refractivity contribution < 1.29 is 78.8 Å². The van der Waals surface area contributed by atoms with Gasteiger partial charge in [0.1, 0.15) is 8.42 Å². The van der Waals surface area contributed by atoms with Crippen LogP contribution in [0.2, 0.25) is 0 Å². The molecular formula is C103H125N13O17S4. The van der Waals surface area contributed by atoms with Crippen molar-refractivity contribution in [3.05, 3.63) is 230 Å². The van der Waals surface area contributed by atoms with E-state index in [1.807, 2.05) is 73.8 Å². The van der Waals surface area contributed by atoms with Crippen LogP contribution in [0, 0.1) is 0 Å². The SMILES string of the molecule is COc1ccc([C@@H](CCCNC(=O)[C@@H]2CCCN2C)N2C(=O)c3cccc(N4CCN([C@H](C)c5ccccc5)CC4)c3C2=O)cc1OC.COc1ccc([C@@H](CCCNS(=O)(=O)c2cccs2)N2C(=O)c3cccc(N4CCN(C5CCC5)CC4)c3C2=O)cc1OC.COc1ccc([C@@H](CCCNS(=O)(=O)c2cccs2)N2C(=O)c3cccc(N4CCN(C5CCCC5)CC4)c3C2=O)cc1OC. The summed E-state index contributed by atoms with van der Waals surface area (Å²) >= 11 is 2.30. The summed E-state index contributed by atoms with van der Waals surface area (Å²) in [6.45, 7) is 14.1. The van der Waals surface area contributed by atoms with E-state index in [4.69, 9.17) is 28.4 Å². The molecule has 7 aromatic carbocycles. The number of ether oxygens (including phenoxy) is 6. The topological polar surface area (TPSA) is 312 Å². The highest BCUT2D eigenvalue weighted by Gasteiger charge is 2.48. The molecule has 728 valence electrons. The van der Waals surface area contributed by atoms with Gasteiger partial charge in [0.25, 0.3) is 35.4 Å². The van der Waals surface area contributed by atoms with Crippen LogP contribution in [-0.4, -0.2) is 265 Å². The van der Waals surface area contributed by atoms with Gasteiger partial charge in [0.15, 0.2) is 34.5 Å². The minimum atomic E-state index is -3.64. The van der Waals surface area contributed by atoms with Crippen molar-refractivity contribution in [2.75, 3.05) is 169 Å². The number of likely N-dealkylation sites (tertiary alicyclic amines) is 1. The zero-order valence-electron chi connectivity index (χ0n) is 79.3. The molecule has 137 heavy (non-hydrogen) atoms. The summed E-state index contributed by atoms with van der Waals surface area (Å²) < 4.78 is 89.5. The van der Waals surface area contributed by atoms with Crippen LogP contribution in [0.5, 0.6) is 34.5 Å². The van der Waals surface area contributed by atoms with Crippen LogP contribution in [0.3, 0.4) is 0 Å². The van der Waals surface area contributed by atoms with E-state index >= 15 is 0 Å². The van der Waals surface area contributed by atoms with Crippen molar-refractivity contribution in [1.29, 1.82) is 0 Å². The number of hydrogen-bond acceptors (Lipinski definition) is 26. The number of nitrogens with one attached hydrogen (secondary N) is 3. The molecule has 6 fully saturated rings. The van der Waals surface area contributed by atoms with E-state index in [1.54, 1.807) is 112 Å². The number of piperazine rings is 3. The van der Waals surface area contributed by atoms with Gasteiger partial charge >= 0.3 is 0 Å². The largest absolute Gasteiger partial charge is 0.493 e. The molecule has 0 radical (unpaired) electrons. The number of amides is 7. The van der Waals surface area contributed by atoms with E-state index in [1.165, 1.54) is 79.4 Å². The third kappa shape index (κ3) is 21.5. The number of fused-ring (bicyclic) bond motifs is 3. The summed E-state index contributed by atoms with van der Waals surface area (Å²) in [7, 11) is 4.03. The molecule has 9 heterocycles. The van der Waals surface area contributed by atoms with Crippen LogP contribution in [-0.2, 0) is 24.8 Å². The fraction of sp³-hybridized carbons (Fsp3) is 0.447. The molecule has 3 N–H and O–H groups in total. The van der Waals surface area contributed by atoms with Gasteiger partial charge in [-0.25, -0.2) is 26.3 Å². The zero-order valence-corrected chi connectivity index (χ0v) is 82.5.